The lowest BCUT2D eigenvalue weighted by atomic mass is 9.97. The van der Waals surface area contributed by atoms with Crippen LogP contribution in [0, 0.1) is 12.3 Å². The first-order valence-electron chi connectivity index (χ1n) is 7.38. The highest BCUT2D eigenvalue weighted by Gasteiger charge is 2.31. The van der Waals surface area contributed by atoms with Gasteiger partial charge in [-0.1, -0.05) is 5.92 Å². The third kappa shape index (κ3) is 2.99. The second kappa shape index (κ2) is 6.20. The van der Waals surface area contributed by atoms with Crippen molar-refractivity contribution in [3.63, 3.8) is 0 Å². The van der Waals surface area contributed by atoms with E-state index in [1.807, 2.05) is 0 Å². The fourth-order valence-electron chi connectivity index (χ4n) is 3.34. The molecule has 0 bridgehead atoms. The van der Waals surface area contributed by atoms with Crippen LogP contribution < -0.4 is 10.9 Å². The Kier molecular flexibility index (Phi) is 4.32. The molecule has 0 amide bonds. The lowest BCUT2D eigenvalue weighted by Crippen LogP contribution is -2.43. The molecule has 21 heavy (non-hydrogen) atoms. The van der Waals surface area contributed by atoms with E-state index in [2.05, 4.69) is 37.2 Å². The Balaban J connectivity index is 1.72. The molecule has 1 aromatic heterocycles. The van der Waals surface area contributed by atoms with Crippen molar-refractivity contribution in [3.05, 3.63) is 21.0 Å². The van der Waals surface area contributed by atoms with Gasteiger partial charge in [-0.3, -0.25) is 4.79 Å². The van der Waals surface area contributed by atoms with Gasteiger partial charge in [0, 0.05) is 18.6 Å². The predicted molar refractivity (Wildman–Crippen MR) is 86.3 cm³/mol. The van der Waals surface area contributed by atoms with E-state index in [9.17, 15) is 4.79 Å². The van der Waals surface area contributed by atoms with Gasteiger partial charge in [0.25, 0.3) is 5.56 Å². The van der Waals surface area contributed by atoms with E-state index in [0.717, 1.165) is 25.1 Å². The summed E-state index contributed by atoms with van der Waals surface area (Å²) < 4.78 is 1.80. The van der Waals surface area contributed by atoms with Gasteiger partial charge in [0.2, 0.25) is 0 Å². The van der Waals surface area contributed by atoms with E-state index in [-0.39, 0.29) is 12.1 Å². The van der Waals surface area contributed by atoms with Gasteiger partial charge in [0.15, 0.2) is 0 Å². The van der Waals surface area contributed by atoms with Gasteiger partial charge in [-0.05, 0) is 48.2 Å². The molecule has 3 heterocycles. The fraction of sp³-hybridized carbons (Fsp3) is 0.600. The molecular weight excluding hydrogens is 332 g/mol. The van der Waals surface area contributed by atoms with Crippen molar-refractivity contribution in [1.82, 2.24) is 14.7 Å². The third-order valence-corrected chi connectivity index (χ3v) is 5.17. The molecule has 2 atom stereocenters. The van der Waals surface area contributed by atoms with Crippen molar-refractivity contribution in [2.45, 2.75) is 44.3 Å². The summed E-state index contributed by atoms with van der Waals surface area (Å²) in [6, 6.07) is 1.11. The van der Waals surface area contributed by atoms with Crippen molar-refractivity contribution in [3.8, 4) is 12.3 Å². The molecule has 6 heteroatoms. The molecule has 5 nitrogen and oxygen atoms in total. The SMILES string of the molecule is C#CCn1ncc(NC2CCN3CCCC3C2)c(Br)c1=O. The van der Waals surface area contributed by atoms with Crippen molar-refractivity contribution in [2.75, 3.05) is 18.4 Å². The van der Waals surface area contributed by atoms with Crippen LogP contribution in [0.15, 0.2) is 15.5 Å². The average Bonchev–Trinajstić information content (AvgIpc) is 2.94. The molecule has 2 saturated heterocycles. The quantitative estimate of drug-likeness (QED) is 0.842. The second-order valence-corrected chi connectivity index (χ2v) is 6.53. The summed E-state index contributed by atoms with van der Waals surface area (Å²) in [5, 5.41) is 7.59. The zero-order valence-electron chi connectivity index (χ0n) is 11.9. The van der Waals surface area contributed by atoms with Crippen molar-refractivity contribution < 1.29 is 0 Å². The number of aromatic nitrogens is 2. The second-order valence-electron chi connectivity index (χ2n) is 5.74. The summed E-state index contributed by atoms with van der Waals surface area (Å²) in [6.45, 7) is 2.57. The highest BCUT2D eigenvalue weighted by molar-refractivity contribution is 9.10. The molecule has 3 rings (SSSR count). The summed E-state index contributed by atoms with van der Waals surface area (Å²) in [5.41, 5.74) is 0.584. The minimum Gasteiger partial charge on any atom is -0.380 e. The predicted octanol–water partition coefficient (Wildman–Crippen LogP) is 1.68. The number of piperidine rings is 1. The zero-order chi connectivity index (χ0) is 14.8. The average molecular weight is 351 g/mol. The van der Waals surface area contributed by atoms with Crippen molar-refractivity contribution in [1.29, 1.82) is 0 Å². The maximum atomic E-state index is 12.1. The topological polar surface area (TPSA) is 50.2 Å². The van der Waals surface area contributed by atoms with Gasteiger partial charge in [-0.15, -0.1) is 6.42 Å². The third-order valence-electron chi connectivity index (χ3n) is 4.41. The largest absolute Gasteiger partial charge is 0.380 e. The van der Waals surface area contributed by atoms with Crippen LogP contribution in [0.5, 0.6) is 0 Å². The fourth-order valence-corrected chi connectivity index (χ4v) is 3.76. The molecule has 0 saturated carbocycles. The van der Waals surface area contributed by atoms with Gasteiger partial charge >= 0.3 is 0 Å². The minimum absolute atomic E-state index is 0.184. The molecular formula is C15H19BrN4O. The van der Waals surface area contributed by atoms with Gasteiger partial charge < -0.3 is 10.2 Å². The van der Waals surface area contributed by atoms with Crippen LogP contribution in [0.1, 0.15) is 25.7 Å². The highest BCUT2D eigenvalue weighted by atomic mass is 79.9. The molecule has 2 unspecified atom stereocenters. The Morgan fingerprint density at radius 3 is 3.14 bits per heavy atom. The first-order chi connectivity index (χ1) is 10.2. The molecule has 2 aliphatic heterocycles. The van der Waals surface area contributed by atoms with E-state index in [1.54, 1.807) is 6.20 Å². The van der Waals surface area contributed by atoms with Gasteiger partial charge in [0.1, 0.15) is 11.0 Å². The monoisotopic (exact) mass is 350 g/mol. The van der Waals surface area contributed by atoms with Crippen LogP contribution in [0.4, 0.5) is 5.69 Å². The molecule has 1 N–H and O–H groups in total. The number of anilines is 1. The first-order valence-corrected chi connectivity index (χ1v) is 8.18. The number of halogens is 1. The zero-order valence-corrected chi connectivity index (χ0v) is 13.5. The molecule has 0 aromatic carbocycles. The molecule has 2 fully saturated rings. The van der Waals surface area contributed by atoms with Crippen LogP contribution in [-0.2, 0) is 6.54 Å². The van der Waals surface area contributed by atoms with Crippen LogP contribution in [0.25, 0.3) is 0 Å². The maximum absolute atomic E-state index is 12.1. The first kappa shape index (κ1) is 14.6. The lowest BCUT2D eigenvalue weighted by Gasteiger charge is -2.35. The van der Waals surface area contributed by atoms with Gasteiger partial charge in [-0.25, -0.2) is 4.68 Å². The maximum Gasteiger partial charge on any atom is 0.284 e. The van der Waals surface area contributed by atoms with Crippen LogP contribution in [0.3, 0.4) is 0 Å². The number of terminal acetylenes is 1. The Morgan fingerprint density at radius 2 is 2.33 bits per heavy atom. The Labute approximate surface area is 132 Å². The standard InChI is InChI=1S/C15H19BrN4O/c1-2-6-20-15(21)14(16)13(10-17-20)18-11-5-8-19-7-3-4-12(19)9-11/h1,10-12,18H,3-9H2. The molecule has 1 aromatic rings. The Hall–Kier alpha value is -1.32. The van der Waals surface area contributed by atoms with E-state index in [0.29, 0.717) is 16.6 Å². The molecule has 112 valence electrons. The van der Waals surface area contributed by atoms with Crippen LogP contribution in [0.2, 0.25) is 0 Å². The molecule has 0 spiro atoms. The highest BCUT2D eigenvalue weighted by Crippen LogP contribution is 2.29. The molecule has 0 radical (unpaired) electrons. The van der Waals surface area contributed by atoms with Gasteiger partial charge in [-0.2, -0.15) is 5.10 Å². The summed E-state index contributed by atoms with van der Waals surface area (Å²) in [6.07, 6.45) is 11.8. The van der Waals surface area contributed by atoms with E-state index < -0.39 is 0 Å². The summed E-state index contributed by atoms with van der Waals surface area (Å²) in [7, 11) is 0. The van der Waals surface area contributed by atoms with Crippen LogP contribution in [-0.4, -0.2) is 39.9 Å². The van der Waals surface area contributed by atoms with Crippen LogP contribution >= 0.6 is 15.9 Å². The number of nitrogens with one attached hydrogen (secondary N) is 1. The Morgan fingerprint density at radius 1 is 1.48 bits per heavy atom. The smallest absolute Gasteiger partial charge is 0.284 e. The van der Waals surface area contributed by atoms with Crippen molar-refractivity contribution >= 4 is 21.6 Å². The molecule has 2 aliphatic rings. The normalized spacial score (nSPS) is 25.3. The number of hydrogen-bond acceptors (Lipinski definition) is 4. The van der Waals surface area contributed by atoms with E-state index >= 15 is 0 Å². The summed E-state index contributed by atoms with van der Waals surface area (Å²) in [4.78, 5) is 14.7. The lowest BCUT2D eigenvalue weighted by molar-refractivity contribution is 0.188. The Bertz CT molecular complexity index is 621. The van der Waals surface area contributed by atoms with E-state index in [1.165, 1.54) is 24.1 Å². The minimum atomic E-state index is -0.184. The number of nitrogens with zero attached hydrogens (tertiary/aromatic N) is 3. The number of rotatable bonds is 3. The molecule has 0 aliphatic carbocycles. The summed E-state index contributed by atoms with van der Waals surface area (Å²) in [5.74, 6) is 2.43. The number of fused-ring (bicyclic) bond motifs is 1. The number of hydrogen-bond donors (Lipinski definition) is 1. The van der Waals surface area contributed by atoms with E-state index in [4.69, 9.17) is 6.42 Å². The summed E-state index contributed by atoms with van der Waals surface area (Å²) >= 11 is 3.37. The van der Waals surface area contributed by atoms with Gasteiger partial charge in [0.05, 0.1) is 11.9 Å². The van der Waals surface area contributed by atoms with Crippen molar-refractivity contribution in [2.24, 2.45) is 0 Å².